The number of rotatable bonds is 0. The van der Waals surface area contributed by atoms with Crippen molar-refractivity contribution in [2.24, 2.45) is 0 Å². The van der Waals surface area contributed by atoms with Gasteiger partial charge in [0.05, 0.1) is 5.69 Å². The van der Waals surface area contributed by atoms with E-state index in [1.165, 1.54) is 0 Å². The molecule has 0 aliphatic rings. The molecule has 6 heteroatoms. The summed E-state index contributed by atoms with van der Waals surface area (Å²) in [7, 11) is 0. The summed E-state index contributed by atoms with van der Waals surface area (Å²) >= 11 is 6.62. The Morgan fingerprint density at radius 2 is 1.79 bits per heavy atom. The third-order valence-corrected chi connectivity index (χ3v) is 3.22. The number of anilines is 1. The van der Waals surface area contributed by atoms with Gasteiger partial charge in [0.15, 0.2) is 0 Å². The van der Waals surface area contributed by atoms with Crippen LogP contribution in [0.3, 0.4) is 0 Å². The fourth-order valence-electron chi connectivity index (χ4n) is 1.48. The van der Waals surface area contributed by atoms with Gasteiger partial charge in [0.25, 0.3) is 0 Å². The van der Waals surface area contributed by atoms with Crippen molar-refractivity contribution in [3.63, 3.8) is 0 Å². The highest BCUT2D eigenvalue weighted by molar-refractivity contribution is 9.10. The van der Waals surface area contributed by atoms with Crippen LogP contribution in [-0.2, 0) is 0 Å². The van der Waals surface area contributed by atoms with Gasteiger partial charge in [-0.1, -0.05) is 0 Å². The number of nitrogen functional groups attached to an aromatic ring is 1. The van der Waals surface area contributed by atoms with Crippen LogP contribution in [0.25, 0.3) is 5.65 Å². The summed E-state index contributed by atoms with van der Waals surface area (Å²) in [4.78, 5) is 8.11. The summed E-state index contributed by atoms with van der Waals surface area (Å²) in [6, 6.07) is 7.56. The van der Waals surface area contributed by atoms with Gasteiger partial charge in [-0.3, -0.25) is 0 Å². The molecular weight excluding hydrogens is 372 g/mol. The molecule has 4 nitrogen and oxygen atoms in total. The molecule has 0 aliphatic carbocycles. The van der Waals surface area contributed by atoms with E-state index in [2.05, 4.69) is 41.8 Å². The lowest BCUT2D eigenvalue weighted by Gasteiger charge is -1.91. The van der Waals surface area contributed by atoms with E-state index in [-0.39, 0.29) is 0 Å². The molecular formula is C13H12Br2N4. The summed E-state index contributed by atoms with van der Waals surface area (Å²) < 4.78 is 4.02. The zero-order valence-electron chi connectivity index (χ0n) is 10.2. The number of fused-ring (bicyclic) bond motifs is 1. The molecule has 2 N–H and O–H groups in total. The molecule has 0 unspecified atom stereocenters. The number of hydrogen-bond donors (Lipinski definition) is 1. The number of nitrogens with zero attached hydrogens (tertiary/aromatic N) is 3. The summed E-state index contributed by atoms with van der Waals surface area (Å²) in [5.74, 6) is 0.549. The molecule has 19 heavy (non-hydrogen) atoms. The van der Waals surface area contributed by atoms with Gasteiger partial charge in [0.1, 0.15) is 11.5 Å². The molecule has 0 bridgehead atoms. The Kier molecular flexibility index (Phi) is 4.55. The molecule has 0 amide bonds. The van der Waals surface area contributed by atoms with Gasteiger partial charge < -0.3 is 10.1 Å². The van der Waals surface area contributed by atoms with E-state index in [0.717, 1.165) is 20.3 Å². The minimum absolute atomic E-state index is 0.549. The van der Waals surface area contributed by atoms with Crippen LogP contribution in [-0.4, -0.2) is 14.4 Å². The van der Waals surface area contributed by atoms with E-state index in [1.54, 1.807) is 12.3 Å². The van der Waals surface area contributed by atoms with Crippen molar-refractivity contribution in [1.29, 1.82) is 0 Å². The summed E-state index contributed by atoms with van der Waals surface area (Å²) in [6.07, 6.45) is 5.66. The van der Waals surface area contributed by atoms with E-state index >= 15 is 0 Å². The van der Waals surface area contributed by atoms with Crippen molar-refractivity contribution < 1.29 is 0 Å². The van der Waals surface area contributed by atoms with Gasteiger partial charge in [-0.05, 0) is 63.0 Å². The van der Waals surface area contributed by atoms with Crippen LogP contribution in [0.1, 0.15) is 5.69 Å². The van der Waals surface area contributed by atoms with Crippen molar-refractivity contribution in [2.75, 3.05) is 5.73 Å². The van der Waals surface area contributed by atoms with Crippen LogP contribution in [0, 0.1) is 6.92 Å². The van der Waals surface area contributed by atoms with Crippen LogP contribution in [0.5, 0.6) is 0 Å². The lowest BCUT2D eigenvalue weighted by Crippen LogP contribution is -1.86. The highest BCUT2D eigenvalue weighted by atomic mass is 79.9. The van der Waals surface area contributed by atoms with Crippen molar-refractivity contribution in [2.45, 2.75) is 6.92 Å². The van der Waals surface area contributed by atoms with Crippen LogP contribution in [0.2, 0.25) is 0 Å². The molecule has 0 atom stereocenters. The lowest BCUT2D eigenvalue weighted by molar-refractivity contribution is 1.17. The predicted octanol–water partition coefficient (Wildman–Crippen LogP) is 3.83. The topological polar surface area (TPSA) is 56.2 Å². The summed E-state index contributed by atoms with van der Waals surface area (Å²) in [5.41, 5.74) is 7.33. The van der Waals surface area contributed by atoms with Crippen molar-refractivity contribution in [3.8, 4) is 0 Å². The molecule has 3 heterocycles. The van der Waals surface area contributed by atoms with E-state index < -0.39 is 0 Å². The largest absolute Gasteiger partial charge is 0.384 e. The summed E-state index contributed by atoms with van der Waals surface area (Å²) in [5, 5.41) is 0. The molecule has 0 saturated carbocycles. The first kappa shape index (κ1) is 14.0. The zero-order valence-corrected chi connectivity index (χ0v) is 13.4. The molecule has 3 aromatic rings. The van der Waals surface area contributed by atoms with Crippen LogP contribution < -0.4 is 5.73 Å². The Hall–Kier alpha value is -1.40. The van der Waals surface area contributed by atoms with E-state index in [9.17, 15) is 0 Å². The van der Waals surface area contributed by atoms with Crippen LogP contribution >= 0.6 is 31.9 Å². The van der Waals surface area contributed by atoms with Gasteiger partial charge in [0.2, 0.25) is 0 Å². The minimum Gasteiger partial charge on any atom is -0.384 e. The highest BCUT2D eigenvalue weighted by Crippen LogP contribution is 2.11. The number of aromatic nitrogens is 3. The number of imidazole rings is 1. The Morgan fingerprint density at radius 1 is 1.05 bits per heavy atom. The van der Waals surface area contributed by atoms with E-state index in [1.807, 2.05) is 41.9 Å². The van der Waals surface area contributed by atoms with Crippen LogP contribution in [0.4, 0.5) is 5.82 Å². The second-order valence-corrected chi connectivity index (χ2v) is 5.73. The van der Waals surface area contributed by atoms with Crippen molar-refractivity contribution >= 4 is 43.3 Å². The first-order valence-electron chi connectivity index (χ1n) is 5.52. The second-order valence-electron chi connectivity index (χ2n) is 3.90. The standard InChI is InChI=1S/C8H7BrN2.C5H5BrN2/c1-6-4-11-5-7(9)2-3-8(11)10-6;6-4-1-2-5(7)8-3-4/h2-5H,1H3;1-3H,(H2,7,8). The SMILES string of the molecule is Cc1cn2cc(Br)ccc2n1.Nc1ccc(Br)cn1. The Labute approximate surface area is 127 Å². The van der Waals surface area contributed by atoms with Gasteiger partial charge >= 0.3 is 0 Å². The predicted molar refractivity (Wildman–Crippen MR) is 84.0 cm³/mol. The maximum absolute atomic E-state index is 5.29. The number of nitrogens with two attached hydrogens (primary N) is 1. The molecule has 98 valence electrons. The monoisotopic (exact) mass is 382 g/mol. The minimum atomic E-state index is 0.549. The van der Waals surface area contributed by atoms with Gasteiger partial charge in [-0.15, -0.1) is 0 Å². The number of halogens is 2. The fourth-order valence-corrected chi connectivity index (χ4v) is 2.07. The Bertz CT molecular complexity index is 656. The quantitative estimate of drug-likeness (QED) is 0.641. The smallest absolute Gasteiger partial charge is 0.137 e. The Morgan fingerprint density at radius 3 is 2.42 bits per heavy atom. The number of pyridine rings is 2. The summed E-state index contributed by atoms with van der Waals surface area (Å²) in [6.45, 7) is 1.99. The Balaban J connectivity index is 0.000000148. The molecule has 0 spiro atoms. The van der Waals surface area contributed by atoms with Crippen molar-refractivity contribution in [1.82, 2.24) is 14.4 Å². The van der Waals surface area contributed by atoms with E-state index in [0.29, 0.717) is 5.82 Å². The fraction of sp³-hybridized carbons (Fsp3) is 0.0769. The molecule has 0 aromatic carbocycles. The van der Waals surface area contributed by atoms with Gasteiger partial charge in [0, 0.05) is 27.5 Å². The maximum Gasteiger partial charge on any atom is 0.137 e. The third kappa shape index (κ3) is 4.04. The average molecular weight is 384 g/mol. The third-order valence-electron chi connectivity index (χ3n) is 2.29. The first-order chi connectivity index (χ1) is 9.04. The van der Waals surface area contributed by atoms with Gasteiger partial charge in [-0.25, -0.2) is 9.97 Å². The average Bonchev–Trinajstić information content (AvgIpc) is 2.73. The second kappa shape index (κ2) is 6.16. The van der Waals surface area contributed by atoms with E-state index in [4.69, 9.17) is 5.73 Å². The number of hydrogen-bond acceptors (Lipinski definition) is 3. The lowest BCUT2D eigenvalue weighted by atomic mass is 10.5. The maximum atomic E-state index is 5.29. The van der Waals surface area contributed by atoms with Crippen LogP contribution in [0.15, 0.2) is 51.8 Å². The first-order valence-corrected chi connectivity index (χ1v) is 7.11. The normalized spacial score (nSPS) is 10.1. The molecule has 0 radical (unpaired) electrons. The molecule has 3 rings (SSSR count). The number of aryl methyl sites for hydroxylation is 1. The highest BCUT2D eigenvalue weighted by Gasteiger charge is 1.95. The van der Waals surface area contributed by atoms with Crippen molar-refractivity contribution in [3.05, 3.63) is 57.5 Å². The molecule has 0 aliphatic heterocycles. The molecule has 0 fully saturated rings. The molecule has 3 aromatic heterocycles. The van der Waals surface area contributed by atoms with Gasteiger partial charge in [-0.2, -0.15) is 0 Å². The molecule has 0 saturated heterocycles. The zero-order chi connectivity index (χ0) is 13.8.